The Kier molecular flexibility index (Phi) is 5.66. The Morgan fingerprint density at radius 1 is 1.23 bits per heavy atom. The molecule has 2 aromatic rings. The summed E-state index contributed by atoms with van der Waals surface area (Å²) in [4.78, 5) is 23.7. The summed E-state index contributed by atoms with van der Waals surface area (Å²) >= 11 is 1.62. The van der Waals surface area contributed by atoms with Gasteiger partial charge in [0.15, 0.2) is 5.76 Å². The Morgan fingerprint density at radius 3 is 2.64 bits per heavy atom. The molecule has 1 heterocycles. The third kappa shape index (κ3) is 4.66. The minimum Gasteiger partial charge on any atom is -0.481 e. The van der Waals surface area contributed by atoms with Crippen molar-refractivity contribution >= 4 is 23.6 Å². The minimum absolute atomic E-state index is 0.0724. The fourth-order valence-corrected chi connectivity index (χ4v) is 2.48. The maximum absolute atomic E-state index is 11.9. The number of nitrogens with one attached hydrogen (secondary N) is 1. The molecule has 0 bridgehead atoms. The van der Waals surface area contributed by atoms with Crippen LogP contribution in [0.15, 0.2) is 51.8 Å². The summed E-state index contributed by atoms with van der Waals surface area (Å²) < 4.78 is 5.48. The van der Waals surface area contributed by atoms with Crippen molar-refractivity contribution in [1.29, 1.82) is 0 Å². The molecule has 1 aromatic heterocycles. The highest BCUT2D eigenvalue weighted by molar-refractivity contribution is 7.98. The lowest BCUT2D eigenvalue weighted by atomic mass is 10.2. The quantitative estimate of drug-likeness (QED) is 0.767. The lowest BCUT2D eigenvalue weighted by molar-refractivity contribution is -0.140. The molecule has 2 N–H and O–H groups in total. The van der Waals surface area contributed by atoms with Gasteiger partial charge >= 0.3 is 5.97 Å². The molecule has 2 rings (SSSR count). The molecule has 5 nitrogen and oxygen atoms in total. The van der Waals surface area contributed by atoms with Gasteiger partial charge in [0.05, 0.1) is 11.7 Å². The second kappa shape index (κ2) is 7.70. The Balaban J connectivity index is 1.85. The van der Waals surface area contributed by atoms with Crippen LogP contribution in [0, 0.1) is 5.92 Å². The van der Waals surface area contributed by atoms with Gasteiger partial charge in [0, 0.05) is 11.4 Å². The summed E-state index contributed by atoms with van der Waals surface area (Å²) in [5.74, 6) is -0.453. The summed E-state index contributed by atoms with van der Waals surface area (Å²) in [5, 5.41) is 11.3. The number of hydrogen-bond donors (Lipinski definition) is 2. The van der Waals surface area contributed by atoms with E-state index >= 15 is 0 Å². The van der Waals surface area contributed by atoms with Crippen LogP contribution in [-0.4, -0.2) is 23.5 Å². The van der Waals surface area contributed by atoms with E-state index < -0.39 is 17.8 Å². The van der Waals surface area contributed by atoms with Crippen molar-refractivity contribution in [1.82, 2.24) is 5.32 Å². The van der Waals surface area contributed by atoms with Crippen LogP contribution in [0.1, 0.15) is 23.2 Å². The van der Waals surface area contributed by atoms with Gasteiger partial charge in [-0.1, -0.05) is 25.1 Å². The molecule has 6 heteroatoms. The third-order valence-corrected chi connectivity index (χ3v) is 4.03. The zero-order chi connectivity index (χ0) is 15.9. The number of amides is 1. The number of carbonyl (C=O) groups excluding carboxylic acids is 1. The molecular formula is C16H17NO4S. The molecule has 0 radical (unpaired) electrons. The van der Waals surface area contributed by atoms with E-state index in [-0.39, 0.29) is 12.3 Å². The van der Waals surface area contributed by atoms with Crippen molar-refractivity contribution in [3.05, 3.63) is 54.0 Å². The van der Waals surface area contributed by atoms with Crippen molar-refractivity contribution < 1.29 is 19.1 Å². The number of carboxylic acid groups (broad SMARTS) is 1. The first-order valence-electron chi connectivity index (χ1n) is 6.84. The fraction of sp³-hybridized carbons (Fsp3) is 0.250. The number of furan rings is 1. The van der Waals surface area contributed by atoms with E-state index in [9.17, 15) is 9.59 Å². The number of thioether (sulfide) groups is 1. The zero-order valence-electron chi connectivity index (χ0n) is 12.1. The topological polar surface area (TPSA) is 79.5 Å². The number of aliphatic carboxylic acids is 1. The Morgan fingerprint density at radius 2 is 1.95 bits per heavy atom. The summed E-state index contributed by atoms with van der Waals surface area (Å²) in [7, 11) is 0. The summed E-state index contributed by atoms with van der Waals surface area (Å²) in [6.07, 6.45) is 0. The standard InChI is InChI=1S/C16H17NO4S/c1-11(16(19)20)9-17-15(18)14-8-7-12(21-14)10-22-13-5-3-2-4-6-13/h2-8,11H,9-10H2,1H3,(H,17,18)(H,19,20)/t11-/m1/s1. The number of carbonyl (C=O) groups is 2. The van der Waals surface area contributed by atoms with Crippen LogP contribution in [-0.2, 0) is 10.5 Å². The molecule has 0 aliphatic heterocycles. The first kappa shape index (κ1) is 16.2. The van der Waals surface area contributed by atoms with Crippen LogP contribution in [0.5, 0.6) is 0 Å². The van der Waals surface area contributed by atoms with E-state index in [4.69, 9.17) is 9.52 Å². The molecule has 0 aliphatic rings. The van der Waals surface area contributed by atoms with Gasteiger partial charge < -0.3 is 14.8 Å². The van der Waals surface area contributed by atoms with Crippen LogP contribution in [0.25, 0.3) is 0 Å². The second-order valence-corrected chi connectivity index (χ2v) is 5.87. The number of benzene rings is 1. The minimum atomic E-state index is -0.945. The van der Waals surface area contributed by atoms with Gasteiger partial charge in [0.1, 0.15) is 5.76 Å². The molecule has 0 aliphatic carbocycles. The Labute approximate surface area is 132 Å². The van der Waals surface area contributed by atoms with Crippen molar-refractivity contribution in [2.45, 2.75) is 17.6 Å². The molecule has 1 amide bonds. The largest absolute Gasteiger partial charge is 0.481 e. The highest BCUT2D eigenvalue weighted by atomic mass is 32.2. The molecule has 0 saturated heterocycles. The third-order valence-electron chi connectivity index (χ3n) is 3.00. The molecule has 0 saturated carbocycles. The number of carboxylic acids is 1. The SMILES string of the molecule is C[C@H](CNC(=O)c1ccc(CSc2ccccc2)o1)C(=O)O. The normalized spacial score (nSPS) is 11.9. The molecular weight excluding hydrogens is 302 g/mol. The van der Waals surface area contributed by atoms with Gasteiger partial charge in [0.2, 0.25) is 0 Å². The first-order chi connectivity index (χ1) is 10.6. The van der Waals surface area contributed by atoms with Gasteiger partial charge in [-0.15, -0.1) is 11.8 Å². The van der Waals surface area contributed by atoms with Gasteiger partial charge in [-0.2, -0.15) is 0 Å². The highest BCUT2D eigenvalue weighted by Crippen LogP contribution is 2.23. The van der Waals surface area contributed by atoms with Crippen molar-refractivity contribution in [3.63, 3.8) is 0 Å². The Bertz CT molecular complexity index is 639. The monoisotopic (exact) mass is 319 g/mol. The van der Waals surface area contributed by atoms with Gasteiger partial charge in [-0.05, 0) is 24.3 Å². The molecule has 0 unspecified atom stereocenters. The molecule has 1 atom stereocenters. The highest BCUT2D eigenvalue weighted by Gasteiger charge is 2.15. The summed E-state index contributed by atoms with van der Waals surface area (Å²) in [6, 6.07) is 13.3. The maximum Gasteiger partial charge on any atom is 0.308 e. The first-order valence-corrected chi connectivity index (χ1v) is 7.82. The van der Waals surface area contributed by atoms with Crippen molar-refractivity contribution in [2.24, 2.45) is 5.92 Å². The average molecular weight is 319 g/mol. The molecule has 0 fully saturated rings. The van der Waals surface area contributed by atoms with Crippen molar-refractivity contribution in [3.8, 4) is 0 Å². The molecule has 0 spiro atoms. The van der Waals surface area contributed by atoms with E-state index in [1.807, 2.05) is 30.3 Å². The van der Waals surface area contributed by atoms with E-state index in [0.29, 0.717) is 11.5 Å². The van der Waals surface area contributed by atoms with E-state index in [1.165, 1.54) is 6.92 Å². The summed E-state index contributed by atoms with van der Waals surface area (Å²) in [6.45, 7) is 1.61. The van der Waals surface area contributed by atoms with E-state index in [1.54, 1.807) is 23.9 Å². The zero-order valence-corrected chi connectivity index (χ0v) is 12.9. The average Bonchev–Trinajstić information content (AvgIpc) is 3.00. The smallest absolute Gasteiger partial charge is 0.308 e. The predicted molar refractivity (Wildman–Crippen MR) is 83.8 cm³/mol. The molecule has 116 valence electrons. The number of hydrogen-bond acceptors (Lipinski definition) is 4. The van der Waals surface area contributed by atoms with Gasteiger partial charge in [-0.3, -0.25) is 9.59 Å². The lowest BCUT2D eigenvalue weighted by Gasteiger charge is -2.06. The maximum atomic E-state index is 11.9. The lowest BCUT2D eigenvalue weighted by Crippen LogP contribution is -2.31. The van der Waals surface area contributed by atoms with Crippen LogP contribution in [0.3, 0.4) is 0 Å². The fourth-order valence-electron chi connectivity index (χ4n) is 1.67. The van der Waals surface area contributed by atoms with Crippen LogP contribution >= 0.6 is 11.8 Å². The van der Waals surface area contributed by atoms with E-state index in [0.717, 1.165) is 4.90 Å². The second-order valence-electron chi connectivity index (χ2n) is 4.82. The van der Waals surface area contributed by atoms with Gasteiger partial charge in [0.25, 0.3) is 5.91 Å². The van der Waals surface area contributed by atoms with Gasteiger partial charge in [-0.25, -0.2) is 0 Å². The summed E-state index contributed by atoms with van der Waals surface area (Å²) in [5.41, 5.74) is 0. The molecule has 22 heavy (non-hydrogen) atoms. The Hall–Kier alpha value is -2.21. The molecule has 1 aromatic carbocycles. The van der Waals surface area contributed by atoms with Crippen molar-refractivity contribution in [2.75, 3.05) is 6.54 Å². The van der Waals surface area contributed by atoms with E-state index in [2.05, 4.69) is 5.32 Å². The van der Waals surface area contributed by atoms with Crippen LogP contribution < -0.4 is 5.32 Å². The van der Waals surface area contributed by atoms with Crippen LogP contribution in [0.4, 0.5) is 0 Å². The van der Waals surface area contributed by atoms with Crippen LogP contribution in [0.2, 0.25) is 0 Å². The number of rotatable bonds is 7. The predicted octanol–water partition coefficient (Wildman–Crippen LogP) is 3.02.